The molecular formula is C10H12N3O+. The largest absolute Gasteiger partial charge is 0.399 e. The number of carbonyl (C=O) groups excluding carboxylic acids is 1. The van der Waals surface area contributed by atoms with E-state index in [1.165, 1.54) is 5.01 Å². The van der Waals surface area contributed by atoms with Crippen molar-refractivity contribution >= 4 is 23.0 Å². The number of carbonyl (C=O) groups is 1. The Bertz CT molecular complexity index is 394. The third kappa shape index (κ3) is 1.46. The Hall–Kier alpha value is -1.84. The third-order valence-electron chi connectivity index (χ3n) is 2.12. The molecule has 72 valence electrons. The Morgan fingerprint density at radius 2 is 2.00 bits per heavy atom. The van der Waals surface area contributed by atoms with Crippen molar-refractivity contribution in [2.24, 2.45) is 0 Å². The van der Waals surface area contributed by atoms with Gasteiger partial charge in [-0.3, -0.25) is 4.79 Å². The minimum Gasteiger partial charge on any atom is -0.399 e. The quantitative estimate of drug-likeness (QED) is 0.584. The van der Waals surface area contributed by atoms with Gasteiger partial charge in [-0.1, -0.05) is 5.01 Å². The van der Waals surface area contributed by atoms with E-state index in [-0.39, 0.29) is 5.91 Å². The zero-order valence-electron chi connectivity index (χ0n) is 7.95. The zero-order chi connectivity index (χ0) is 10.1. The summed E-state index contributed by atoms with van der Waals surface area (Å²) in [7, 11) is 0. The van der Waals surface area contributed by atoms with Crippen LogP contribution < -0.4 is 15.8 Å². The molecule has 1 aliphatic heterocycles. The summed E-state index contributed by atoms with van der Waals surface area (Å²) in [5, 5.41) is 4.54. The number of hydrogen-bond donors (Lipinski definition) is 2. The summed E-state index contributed by atoms with van der Waals surface area (Å²) in [6, 6.07) is 7.19. The van der Waals surface area contributed by atoms with Crippen LogP contribution in [0.15, 0.2) is 24.3 Å². The van der Waals surface area contributed by atoms with Gasteiger partial charge in [-0.15, -0.1) is 5.10 Å². The number of nitrogens with zero attached hydrogens (tertiary/aromatic N) is 1. The van der Waals surface area contributed by atoms with Gasteiger partial charge in [0.25, 0.3) is 5.91 Å². The van der Waals surface area contributed by atoms with Crippen molar-refractivity contribution in [3.05, 3.63) is 24.3 Å². The molecule has 1 heterocycles. The fraction of sp³-hybridized carbons (Fsp3) is 0.200. The second-order valence-corrected chi connectivity index (χ2v) is 3.39. The number of hydrogen-bond acceptors (Lipinski definition) is 2. The molecule has 14 heavy (non-hydrogen) atoms. The number of rotatable bonds is 1. The van der Waals surface area contributed by atoms with Gasteiger partial charge in [-0.25, -0.2) is 0 Å². The molecule has 0 radical (unpaired) electrons. The van der Waals surface area contributed by atoms with E-state index in [0.29, 0.717) is 12.1 Å². The maximum absolute atomic E-state index is 11.5. The molecule has 0 aromatic heterocycles. The second kappa shape index (κ2) is 3.14. The highest BCUT2D eigenvalue weighted by Crippen LogP contribution is 2.14. The second-order valence-electron chi connectivity index (χ2n) is 3.39. The van der Waals surface area contributed by atoms with E-state index < -0.39 is 0 Å². The van der Waals surface area contributed by atoms with E-state index in [2.05, 4.69) is 5.10 Å². The number of hydrazine groups is 1. The SMILES string of the molecule is CC1=[NH+]N(c2ccc(N)cc2)C(=O)C1. The van der Waals surface area contributed by atoms with Crippen LogP contribution in [0.5, 0.6) is 0 Å². The van der Waals surface area contributed by atoms with E-state index in [0.717, 1.165) is 11.4 Å². The Balaban J connectivity index is 2.32. The lowest BCUT2D eigenvalue weighted by molar-refractivity contribution is -0.455. The summed E-state index contributed by atoms with van der Waals surface area (Å²) in [5.74, 6) is 0.0623. The van der Waals surface area contributed by atoms with Crippen molar-refractivity contribution in [2.45, 2.75) is 13.3 Å². The van der Waals surface area contributed by atoms with Crippen molar-refractivity contribution in [2.75, 3.05) is 10.7 Å². The van der Waals surface area contributed by atoms with Crippen molar-refractivity contribution in [3.63, 3.8) is 0 Å². The number of amides is 1. The number of hydrazone groups is 1. The lowest BCUT2D eigenvalue weighted by Crippen LogP contribution is -2.81. The first kappa shape index (κ1) is 8.74. The Morgan fingerprint density at radius 1 is 1.36 bits per heavy atom. The summed E-state index contributed by atoms with van der Waals surface area (Å²) in [5.41, 5.74) is 8.04. The van der Waals surface area contributed by atoms with E-state index in [4.69, 9.17) is 5.73 Å². The Kier molecular flexibility index (Phi) is 1.96. The highest BCUT2D eigenvalue weighted by atomic mass is 16.2. The van der Waals surface area contributed by atoms with Crippen molar-refractivity contribution in [1.29, 1.82) is 0 Å². The van der Waals surface area contributed by atoms with Gasteiger partial charge in [0.1, 0.15) is 12.1 Å². The Labute approximate surface area is 82.0 Å². The molecule has 0 aliphatic carbocycles. The van der Waals surface area contributed by atoms with Crippen LogP contribution in [0, 0.1) is 0 Å². The molecule has 0 fully saturated rings. The van der Waals surface area contributed by atoms with Crippen LogP contribution in [0.4, 0.5) is 11.4 Å². The predicted molar refractivity (Wildman–Crippen MR) is 54.6 cm³/mol. The molecule has 0 bridgehead atoms. The van der Waals surface area contributed by atoms with Gasteiger partial charge in [0.15, 0.2) is 5.71 Å². The minimum atomic E-state index is 0.0623. The van der Waals surface area contributed by atoms with Crippen LogP contribution in [0.25, 0.3) is 0 Å². The van der Waals surface area contributed by atoms with Crippen LogP contribution in [0.1, 0.15) is 13.3 Å². The first-order valence-electron chi connectivity index (χ1n) is 4.44. The maximum Gasteiger partial charge on any atom is 0.293 e. The molecular weight excluding hydrogens is 178 g/mol. The van der Waals surface area contributed by atoms with Crippen LogP contribution >= 0.6 is 0 Å². The number of nitrogens with one attached hydrogen (secondary N) is 1. The molecule has 3 N–H and O–H groups in total. The molecule has 1 aliphatic rings. The fourth-order valence-corrected chi connectivity index (χ4v) is 1.43. The third-order valence-corrected chi connectivity index (χ3v) is 2.12. The van der Waals surface area contributed by atoms with Crippen LogP contribution in [0.3, 0.4) is 0 Å². The van der Waals surface area contributed by atoms with Crippen LogP contribution in [-0.4, -0.2) is 11.6 Å². The van der Waals surface area contributed by atoms with Crippen molar-refractivity contribution < 1.29 is 9.90 Å². The molecule has 0 saturated heterocycles. The number of benzene rings is 1. The zero-order valence-corrected chi connectivity index (χ0v) is 7.95. The number of nitrogens with two attached hydrogens (primary N) is 1. The summed E-state index contributed by atoms with van der Waals surface area (Å²) in [6.45, 7) is 1.90. The summed E-state index contributed by atoms with van der Waals surface area (Å²) >= 11 is 0. The van der Waals surface area contributed by atoms with Crippen molar-refractivity contribution in [1.82, 2.24) is 0 Å². The standard InChI is InChI=1S/C10H11N3O/c1-7-6-10(14)13(12-7)9-4-2-8(11)3-5-9/h2-5H,6,11H2,1H3/p+1. The van der Waals surface area contributed by atoms with Crippen LogP contribution in [0.2, 0.25) is 0 Å². The fourth-order valence-electron chi connectivity index (χ4n) is 1.43. The molecule has 0 saturated carbocycles. The molecule has 0 atom stereocenters. The minimum absolute atomic E-state index is 0.0623. The molecule has 0 spiro atoms. The molecule has 2 rings (SSSR count). The van der Waals surface area contributed by atoms with Crippen LogP contribution in [-0.2, 0) is 4.79 Å². The summed E-state index contributed by atoms with van der Waals surface area (Å²) in [6.07, 6.45) is 0.463. The molecule has 4 heteroatoms. The molecule has 4 nitrogen and oxygen atoms in total. The average Bonchev–Trinajstić information content (AvgIpc) is 2.47. The maximum atomic E-state index is 11.5. The Morgan fingerprint density at radius 3 is 2.50 bits per heavy atom. The highest BCUT2D eigenvalue weighted by molar-refractivity contribution is 6.07. The summed E-state index contributed by atoms with van der Waals surface area (Å²) < 4.78 is 0. The van der Waals surface area contributed by atoms with Gasteiger partial charge in [0.05, 0.1) is 0 Å². The van der Waals surface area contributed by atoms with Gasteiger partial charge in [-0.2, -0.15) is 0 Å². The molecule has 0 unspecified atom stereocenters. The van der Waals surface area contributed by atoms with Crippen molar-refractivity contribution in [3.8, 4) is 0 Å². The van der Waals surface area contributed by atoms with Gasteiger partial charge in [-0.05, 0) is 24.3 Å². The smallest absolute Gasteiger partial charge is 0.293 e. The van der Waals surface area contributed by atoms with E-state index in [9.17, 15) is 4.79 Å². The average molecular weight is 190 g/mol. The van der Waals surface area contributed by atoms with Gasteiger partial charge >= 0.3 is 0 Å². The number of nitrogen functional groups attached to an aromatic ring is 1. The normalized spacial score (nSPS) is 15.9. The first-order valence-corrected chi connectivity index (χ1v) is 4.44. The topological polar surface area (TPSA) is 60.3 Å². The van der Waals surface area contributed by atoms with E-state index in [1.807, 2.05) is 19.1 Å². The van der Waals surface area contributed by atoms with Gasteiger partial charge in [0, 0.05) is 12.6 Å². The molecule has 1 aromatic rings. The predicted octanol–water partition coefficient (Wildman–Crippen LogP) is -0.538. The van der Waals surface area contributed by atoms with Gasteiger partial charge in [0.2, 0.25) is 0 Å². The summed E-state index contributed by atoms with van der Waals surface area (Å²) in [4.78, 5) is 11.5. The molecule has 1 aromatic carbocycles. The monoisotopic (exact) mass is 190 g/mol. The molecule has 1 amide bonds. The van der Waals surface area contributed by atoms with Gasteiger partial charge < -0.3 is 5.73 Å². The number of anilines is 2. The highest BCUT2D eigenvalue weighted by Gasteiger charge is 2.28. The van der Waals surface area contributed by atoms with E-state index >= 15 is 0 Å². The lowest BCUT2D eigenvalue weighted by atomic mass is 10.2. The van der Waals surface area contributed by atoms with E-state index in [1.54, 1.807) is 12.1 Å². The lowest BCUT2D eigenvalue weighted by Gasteiger charge is -2.05. The first-order chi connectivity index (χ1) is 6.66.